The number of nitrogens with one attached hydrogen (secondary N) is 2. The molecule has 2 N–H and O–H groups in total. The third-order valence-corrected chi connectivity index (χ3v) is 3.67. The molecule has 112 valence electrons. The molecule has 1 aromatic carbocycles. The summed E-state index contributed by atoms with van der Waals surface area (Å²) < 4.78 is 4.75. The minimum absolute atomic E-state index is 0.190. The van der Waals surface area contributed by atoms with E-state index in [4.69, 9.17) is 39.2 Å². The molecule has 0 spiro atoms. The molecule has 0 atom stereocenters. The van der Waals surface area contributed by atoms with Crippen LogP contribution in [0.5, 0.6) is 0 Å². The van der Waals surface area contributed by atoms with Crippen molar-refractivity contribution in [3.05, 3.63) is 31.7 Å². The number of benzene rings is 1. The molecule has 2 aromatic rings. The molecule has 1 heterocycles. The Kier molecular flexibility index (Phi) is 7.45. The summed E-state index contributed by atoms with van der Waals surface area (Å²) >= 11 is 17.2. The molecule has 0 saturated carbocycles. The van der Waals surface area contributed by atoms with Crippen LogP contribution >= 0.6 is 34.8 Å². The van der Waals surface area contributed by atoms with Crippen molar-refractivity contribution in [1.29, 1.82) is 0 Å². The molecule has 0 bridgehead atoms. The zero-order valence-electron chi connectivity index (χ0n) is 11.4. The zero-order valence-corrected chi connectivity index (χ0v) is 13.6. The van der Waals surface area contributed by atoms with Gasteiger partial charge in [-0.3, -0.25) is 4.98 Å². The Morgan fingerprint density at radius 2 is 1.75 bits per heavy atom. The van der Waals surface area contributed by atoms with Crippen LogP contribution in [0.15, 0.2) is 15.3 Å². The molecule has 4 nitrogen and oxygen atoms in total. The molecule has 0 aliphatic carbocycles. The lowest BCUT2D eigenvalue weighted by Crippen LogP contribution is -2.14. The standard InChI is InChI=1S/C7H2Cl3NO2.C6H15N/c8-2-1-3-6(5(10)4(2)9)11-7(12)13-3;1-3-5-7-6-4-2/h1H,(H,11,12);7H,3-6H2,1-2H3. The van der Waals surface area contributed by atoms with Gasteiger partial charge in [0.15, 0.2) is 5.58 Å². The number of oxazole rings is 1. The quantitative estimate of drug-likeness (QED) is 0.638. The smallest absolute Gasteiger partial charge is 0.408 e. The molecule has 0 amide bonds. The fourth-order valence-corrected chi connectivity index (χ4v) is 2.11. The normalized spacial score (nSPS) is 10.4. The van der Waals surface area contributed by atoms with Crippen molar-refractivity contribution in [2.45, 2.75) is 26.7 Å². The lowest BCUT2D eigenvalue weighted by Gasteiger charge is -1.97. The van der Waals surface area contributed by atoms with Gasteiger partial charge in [-0.2, -0.15) is 0 Å². The summed E-state index contributed by atoms with van der Waals surface area (Å²) in [5, 5.41) is 3.93. The monoisotopic (exact) mass is 338 g/mol. The van der Waals surface area contributed by atoms with Gasteiger partial charge in [0.25, 0.3) is 0 Å². The summed E-state index contributed by atoms with van der Waals surface area (Å²) in [5.74, 6) is -0.588. The highest BCUT2D eigenvalue weighted by atomic mass is 35.5. The van der Waals surface area contributed by atoms with Gasteiger partial charge in [0.1, 0.15) is 5.52 Å². The van der Waals surface area contributed by atoms with Gasteiger partial charge >= 0.3 is 5.76 Å². The van der Waals surface area contributed by atoms with Gasteiger partial charge in [0, 0.05) is 6.07 Å². The van der Waals surface area contributed by atoms with E-state index in [9.17, 15) is 4.79 Å². The van der Waals surface area contributed by atoms with Crippen molar-refractivity contribution >= 4 is 45.9 Å². The van der Waals surface area contributed by atoms with E-state index >= 15 is 0 Å². The lowest BCUT2D eigenvalue weighted by atomic mass is 10.3. The summed E-state index contributed by atoms with van der Waals surface area (Å²) in [6.45, 7) is 6.72. The fourth-order valence-electron chi connectivity index (χ4n) is 1.48. The SMILES string of the molecule is CCCNCCC.O=c1[nH]c2c(Cl)c(Cl)c(Cl)cc2o1. The number of fused-ring (bicyclic) bond motifs is 1. The molecule has 0 radical (unpaired) electrons. The molecule has 0 saturated heterocycles. The largest absolute Gasteiger partial charge is 0.417 e. The number of hydrogen-bond donors (Lipinski definition) is 2. The topological polar surface area (TPSA) is 58.0 Å². The Bertz CT molecular complexity index is 603. The van der Waals surface area contributed by atoms with Crippen LogP contribution in [0.2, 0.25) is 15.1 Å². The molecular formula is C13H17Cl3N2O2. The first kappa shape index (κ1) is 17.4. The van der Waals surface area contributed by atoms with Gasteiger partial charge in [-0.25, -0.2) is 4.79 Å². The van der Waals surface area contributed by atoms with Crippen LogP contribution in [-0.2, 0) is 0 Å². The maximum Gasteiger partial charge on any atom is 0.417 e. The van der Waals surface area contributed by atoms with Crippen molar-refractivity contribution in [2.24, 2.45) is 0 Å². The minimum Gasteiger partial charge on any atom is -0.408 e. The number of hydrogen-bond acceptors (Lipinski definition) is 3. The van der Waals surface area contributed by atoms with E-state index in [0.717, 1.165) is 0 Å². The Morgan fingerprint density at radius 1 is 1.15 bits per heavy atom. The van der Waals surface area contributed by atoms with Gasteiger partial charge in [0.2, 0.25) is 0 Å². The predicted octanol–water partition coefficient (Wildman–Crippen LogP) is 4.48. The first-order chi connectivity index (χ1) is 9.51. The molecule has 0 fully saturated rings. The number of halogens is 3. The van der Waals surface area contributed by atoms with Crippen molar-refractivity contribution in [3.63, 3.8) is 0 Å². The van der Waals surface area contributed by atoms with Gasteiger partial charge < -0.3 is 9.73 Å². The third-order valence-electron chi connectivity index (χ3n) is 2.41. The highest BCUT2D eigenvalue weighted by molar-refractivity contribution is 6.50. The number of rotatable bonds is 4. The predicted molar refractivity (Wildman–Crippen MR) is 85.3 cm³/mol. The van der Waals surface area contributed by atoms with Crippen molar-refractivity contribution < 1.29 is 4.42 Å². The van der Waals surface area contributed by atoms with Crippen LogP contribution in [0, 0.1) is 0 Å². The van der Waals surface area contributed by atoms with Crippen molar-refractivity contribution in [3.8, 4) is 0 Å². The highest BCUT2D eigenvalue weighted by Gasteiger charge is 2.12. The molecule has 0 aliphatic rings. The van der Waals surface area contributed by atoms with E-state index < -0.39 is 5.76 Å². The fraction of sp³-hybridized carbons (Fsp3) is 0.462. The summed E-state index contributed by atoms with van der Waals surface area (Å²) in [6.07, 6.45) is 2.50. The maximum absolute atomic E-state index is 10.8. The average Bonchev–Trinajstić information content (AvgIpc) is 2.78. The lowest BCUT2D eigenvalue weighted by molar-refractivity contribution is 0.555. The number of H-pyrrole nitrogens is 1. The van der Waals surface area contributed by atoms with Crippen LogP contribution in [0.4, 0.5) is 0 Å². The molecule has 7 heteroatoms. The van der Waals surface area contributed by atoms with E-state index in [2.05, 4.69) is 24.1 Å². The molecule has 1 aromatic heterocycles. The van der Waals surface area contributed by atoms with E-state index in [1.807, 2.05) is 0 Å². The van der Waals surface area contributed by atoms with E-state index in [1.165, 1.54) is 32.0 Å². The summed E-state index contributed by atoms with van der Waals surface area (Å²) in [5.41, 5.74) is 0.658. The number of aromatic amines is 1. The number of aromatic nitrogens is 1. The second-order valence-electron chi connectivity index (χ2n) is 4.12. The average molecular weight is 340 g/mol. The molecule has 20 heavy (non-hydrogen) atoms. The molecule has 2 rings (SSSR count). The van der Waals surface area contributed by atoms with Crippen LogP contribution < -0.4 is 11.1 Å². The second-order valence-corrected chi connectivity index (χ2v) is 5.29. The molecule has 0 aliphatic heterocycles. The van der Waals surface area contributed by atoms with Gasteiger partial charge in [-0.15, -0.1) is 0 Å². The Labute approximate surface area is 132 Å². The third kappa shape index (κ3) is 4.70. The van der Waals surface area contributed by atoms with Gasteiger partial charge in [-0.1, -0.05) is 48.7 Å². The highest BCUT2D eigenvalue weighted by Crippen LogP contribution is 2.35. The van der Waals surface area contributed by atoms with Gasteiger partial charge in [-0.05, 0) is 25.9 Å². The summed E-state index contributed by atoms with van der Waals surface area (Å²) in [6, 6.07) is 1.43. The minimum atomic E-state index is -0.588. The first-order valence-corrected chi connectivity index (χ1v) is 7.51. The summed E-state index contributed by atoms with van der Waals surface area (Å²) in [7, 11) is 0. The van der Waals surface area contributed by atoms with Crippen LogP contribution in [0.3, 0.4) is 0 Å². The Hall–Kier alpha value is -0.680. The Morgan fingerprint density at radius 3 is 2.30 bits per heavy atom. The maximum atomic E-state index is 10.8. The molecular weight excluding hydrogens is 323 g/mol. The zero-order chi connectivity index (χ0) is 15.1. The second kappa shape index (κ2) is 8.57. The van der Waals surface area contributed by atoms with Crippen LogP contribution in [0.25, 0.3) is 11.1 Å². The summed E-state index contributed by atoms with van der Waals surface area (Å²) in [4.78, 5) is 13.2. The Balaban J connectivity index is 0.000000246. The van der Waals surface area contributed by atoms with Crippen LogP contribution in [-0.4, -0.2) is 18.1 Å². The molecule has 0 unspecified atom stereocenters. The van der Waals surface area contributed by atoms with E-state index in [0.29, 0.717) is 11.1 Å². The van der Waals surface area contributed by atoms with E-state index in [-0.39, 0.29) is 15.1 Å². The van der Waals surface area contributed by atoms with Crippen LogP contribution in [0.1, 0.15) is 26.7 Å². The van der Waals surface area contributed by atoms with Crippen molar-refractivity contribution in [2.75, 3.05) is 13.1 Å². The van der Waals surface area contributed by atoms with Crippen molar-refractivity contribution in [1.82, 2.24) is 10.3 Å². The van der Waals surface area contributed by atoms with E-state index in [1.54, 1.807) is 0 Å². The first-order valence-electron chi connectivity index (χ1n) is 6.38. The van der Waals surface area contributed by atoms with Gasteiger partial charge in [0.05, 0.1) is 15.1 Å².